The van der Waals surface area contributed by atoms with E-state index in [1.54, 1.807) is 12.1 Å². The van der Waals surface area contributed by atoms with Crippen LogP contribution in [-0.2, 0) is 0 Å². The van der Waals surface area contributed by atoms with Crippen LogP contribution in [0, 0.1) is 0 Å². The highest BCUT2D eigenvalue weighted by molar-refractivity contribution is 6.30. The maximum absolute atomic E-state index is 12.2. The molecule has 4 N–H and O–H groups in total. The zero-order valence-corrected chi connectivity index (χ0v) is 15.8. The topological polar surface area (TPSA) is 137 Å². The van der Waals surface area contributed by atoms with E-state index in [2.05, 4.69) is 15.5 Å². The zero-order valence-electron chi connectivity index (χ0n) is 15.0. The normalized spacial score (nSPS) is 11.3. The third-order valence-electron chi connectivity index (χ3n) is 4.01. The minimum atomic E-state index is -0.879. The number of carbonyl (C=O) groups excluding carboxylic acids is 1. The number of carbonyl (C=O) groups is 1. The second-order valence-corrected chi connectivity index (χ2v) is 6.36. The summed E-state index contributed by atoms with van der Waals surface area (Å²) in [6, 6.07) is 11.8. The summed E-state index contributed by atoms with van der Waals surface area (Å²) in [6.45, 7) is 1.37. The monoisotopic (exact) mass is 414 g/mol. The molecule has 0 fully saturated rings. The lowest BCUT2D eigenvalue weighted by molar-refractivity contribution is 0.0952. The molecule has 3 aromatic rings. The minimum Gasteiger partial charge on any atom is -0.507 e. The van der Waals surface area contributed by atoms with Gasteiger partial charge in [-0.05, 0) is 43.3 Å². The molecule has 0 radical (unpaired) electrons. The van der Waals surface area contributed by atoms with E-state index in [0.717, 1.165) is 4.57 Å². The van der Waals surface area contributed by atoms with E-state index >= 15 is 0 Å². The van der Waals surface area contributed by atoms with Crippen LogP contribution in [0.25, 0.3) is 5.69 Å². The van der Waals surface area contributed by atoms with Crippen molar-refractivity contribution in [2.45, 2.75) is 6.92 Å². The number of H-pyrrole nitrogens is 1. The number of aromatic hydroxyl groups is 2. The van der Waals surface area contributed by atoms with Crippen LogP contribution in [0.2, 0.25) is 5.02 Å². The van der Waals surface area contributed by atoms with Gasteiger partial charge in [0.05, 0.1) is 17.0 Å². The first-order valence-electron chi connectivity index (χ1n) is 8.27. The Morgan fingerprint density at radius 1 is 1.10 bits per heavy atom. The van der Waals surface area contributed by atoms with Gasteiger partial charge in [0.2, 0.25) is 5.88 Å². The van der Waals surface area contributed by atoms with Crippen LogP contribution in [0.4, 0.5) is 0 Å². The highest BCUT2D eigenvalue weighted by atomic mass is 35.5. The summed E-state index contributed by atoms with van der Waals surface area (Å²) in [5, 5.41) is 24.5. The molecule has 1 amide bonds. The minimum absolute atomic E-state index is 0.0201. The summed E-state index contributed by atoms with van der Waals surface area (Å²) in [6.07, 6.45) is 0. The van der Waals surface area contributed by atoms with E-state index < -0.39 is 23.0 Å². The average molecular weight is 415 g/mol. The van der Waals surface area contributed by atoms with Crippen LogP contribution in [0.15, 0.2) is 63.2 Å². The molecule has 0 saturated carbocycles. The summed E-state index contributed by atoms with van der Waals surface area (Å²) >= 11 is 5.83. The molecular formula is C19H15ClN4O5. The van der Waals surface area contributed by atoms with Crippen LogP contribution >= 0.6 is 11.6 Å². The molecule has 2 aromatic carbocycles. The van der Waals surface area contributed by atoms with Crippen molar-refractivity contribution in [1.29, 1.82) is 0 Å². The molecule has 3 rings (SSSR count). The lowest BCUT2D eigenvalue weighted by Crippen LogP contribution is -2.33. The first-order valence-corrected chi connectivity index (χ1v) is 8.64. The number of hydrogen-bond donors (Lipinski definition) is 4. The Hall–Kier alpha value is -3.85. The number of phenolic OH excluding ortho intramolecular Hbond substituents is 1. The van der Waals surface area contributed by atoms with Gasteiger partial charge in [0, 0.05) is 5.02 Å². The number of nitrogens with zero attached hydrogens (tertiary/aromatic N) is 2. The first kappa shape index (κ1) is 19.9. The van der Waals surface area contributed by atoms with Gasteiger partial charge in [0.25, 0.3) is 11.5 Å². The van der Waals surface area contributed by atoms with Gasteiger partial charge < -0.3 is 10.2 Å². The summed E-state index contributed by atoms with van der Waals surface area (Å²) in [5.74, 6) is -1.61. The van der Waals surface area contributed by atoms with E-state index in [1.807, 2.05) is 0 Å². The number of hydrogen-bond acceptors (Lipinski definition) is 6. The second-order valence-electron chi connectivity index (χ2n) is 5.93. The van der Waals surface area contributed by atoms with Crippen LogP contribution in [0.5, 0.6) is 11.6 Å². The van der Waals surface area contributed by atoms with Crippen molar-refractivity contribution in [2.24, 2.45) is 5.10 Å². The predicted octanol–water partition coefficient (Wildman–Crippen LogP) is 1.74. The van der Waals surface area contributed by atoms with Crippen molar-refractivity contribution in [3.8, 4) is 17.3 Å². The molecule has 0 bridgehead atoms. The van der Waals surface area contributed by atoms with E-state index in [0.29, 0.717) is 5.02 Å². The fourth-order valence-corrected chi connectivity index (χ4v) is 2.72. The van der Waals surface area contributed by atoms with E-state index in [1.165, 1.54) is 43.3 Å². The fraction of sp³-hybridized carbons (Fsp3) is 0.0526. The summed E-state index contributed by atoms with van der Waals surface area (Å²) < 4.78 is 0.872. The van der Waals surface area contributed by atoms with Gasteiger partial charge >= 0.3 is 5.69 Å². The molecule has 0 aliphatic rings. The number of phenols is 1. The Labute approximate surface area is 168 Å². The van der Waals surface area contributed by atoms with E-state index in [-0.39, 0.29) is 28.3 Å². The quantitative estimate of drug-likeness (QED) is 0.380. The standard InChI is InChI=1S/C19H15ClN4O5/c1-10(22-23-16(26)13-4-2-3-5-14(13)25)15-17(27)21-19(29)24(18(15)28)12-8-6-11(20)7-9-12/h2-9,25,28H,1H3,(H,23,26)(H,21,27,29). The van der Waals surface area contributed by atoms with Crippen LogP contribution in [0.3, 0.4) is 0 Å². The van der Waals surface area contributed by atoms with Crippen molar-refractivity contribution < 1.29 is 15.0 Å². The molecule has 9 nitrogen and oxygen atoms in total. The summed E-state index contributed by atoms with van der Waals surface area (Å²) in [5.41, 5.74) is 0.334. The Morgan fingerprint density at radius 2 is 1.76 bits per heavy atom. The van der Waals surface area contributed by atoms with Crippen LogP contribution in [-0.4, -0.2) is 31.4 Å². The number of aromatic nitrogens is 2. The van der Waals surface area contributed by atoms with Crippen molar-refractivity contribution in [3.63, 3.8) is 0 Å². The zero-order chi connectivity index (χ0) is 21.1. The lowest BCUT2D eigenvalue weighted by atomic mass is 10.2. The molecule has 0 aliphatic heterocycles. The van der Waals surface area contributed by atoms with Crippen LogP contribution < -0.4 is 16.7 Å². The molecule has 29 heavy (non-hydrogen) atoms. The Kier molecular flexibility index (Phi) is 5.51. The number of para-hydroxylation sites is 1. The van der Waals surface area contributed by atoms with Gasteiger partial charge in [-0.25, -0.2) is 14.8 Å². The van der Waals surface area contributed by atoms with Crippen molar-refractivity contribution in [2.75, 3.05) is 0 Å². The molecule has 0 aliphatic carbocycles. The van der Waals surface area contributed by atoms with Gasteiger partial charge in [-0.2, -0.15) is 5.10 Å². The van der Waals surface area contributed by atoms with Crippen molar-refractivity contribution in [3.05, 3.63) is 85.5 Å². The molecule has 0 spiro atoms. The van der Waals surface area contributed by atoms with E-state index in [4.69, 9.17) is 11.6 Å². The third kappa shape index (κ3) is 4.04. The maximum Gasteiger partial charge on any atom is 0.335 e. The number of halogens is 1. The number of rotatable bonds is 4. The summed E-state index contributed by atoms with van der Waals surface area (Å²) in [4.78, 5) is 38.7. The summed E-state index contributed by atoms with van der Waals surface area (Å²) in [7, 11) is 0. The first-order chi connectivity index (χ1) is 13.8. The van der Waals surface area contributed by atoms with Crippen molar-refractivity contribution >= 4 is 23.2 Å². The molecule has 0 saturated heterocycles. The second kappa shape index (κ2) is 8.03. The molecule has 1 heterocycles. The molecular weight excluding hydrogens is 400 g/mol. The number of aromatic amines is 1. The van der Waals surface area contributed by atoms with Gasteiger partial charge in [-0.3, -0.25) is 14.6 Å². The van der Waals surface area contributed by atoms with Gasteiger partial charge in [-0.1, -0.05) is 23.7 Å². The smallest absolute Gasteiger partial charge is 0.335 e. The third-order valence-corrected chi connectivity index (χ3v) is 4.26. The fourth-order valence-electron chi connectivity index (χ4n) is 2.60. The van der Waals surface area contributed by atoms with Crippen molar-refractivity contribution in [1.82, 2.24) is 15.0 Å². The number of benzene rings is 2. The van der Waals surface area contributed by atoms with Gasteiger partial charge in [0.1, 0.15) is 11.3 Å². The molecule has 148 valence electrons. The maximum atomic E-state index is 12.2. The van der Waals surface area contributed by atoms with Crippen LogP contribution in [0.1, 0.15) is 22.8 Å². The molecule has 0 atom stereocenters. The van der Waals surface area contributed by atoms with Gasteiger partial charge in [0.15, 0.2) is 0 Å². The SMILES string of the molecule is CC(=NNC(=O)c1ccccc1O)c1c(O)n(-c2ccc(Cl)cc2)c(=O)[nH]c1=O. The highest BCUT2D eigenvalue weighted by Gasteiger charge is 2.18. The number of nitrogens with one attached hydrogen (secondary N) is 2. The lowest BCUT2D eigenvalue weighted by Gasteiger charge is -2.11. The molecule has 1 aromatic heterocycles. The Bertz CT molecular complexity index is 1230. The molecule has 0 unspecified atom stereocenters. The number of amides is 1. The van der Waals surface area contributed by atoms with E-state index in [9.17, 15) is 24.6 Å². The van der Waals surface area contributed by atoms with Gasteiger partial charge in [-0.15, -0.1) is 0 Å². The predicted molar refractivity (Wildman–Crippen MR) is 107 cm³/mol. The Balaban J connectivity index is 2.01. The Morgan fingerprint density at radius 3 is 2.41 bits per heavy atom. The molecule has 10 heteroatoms. The average Bonchev–Trinajstić information content (AvgIpc) is 2.67. The number of hydrazone groups is 1. The highest BCUT2D eigenvalue weighted by Crippen LogP contribution is 2.19. The largest absolute Gasteiger partial charge is 0.507 e.